The topological polar surface area (TPSA) is 39.9 Å². The Bertz CT molecular complexity index is 466. The molecule has 0 bridgehead atoms. The van der Waals surface area contributed by atoms with Crippen LogP contribution in [-0.4, -0.2) is 23.7 Å². The van der Waals surface area contributed by atoms with E-state index >= 15 is 0 Å². The van der Waals surface area contributed by atoms with Crippen molar-refractivity contribution in [3.63, 3.8) is 0 Å². The van der Waals surface area contributed by atoms with E-state index in [1.54, 1.807) is 13.8 Å². The number of rotatable bonds is 3. The average Bonchev–Trinajstić information content (AvgIpc) is 2.23. The fourth-order valence-corrected chi connectivity index (χ4v) is 1.62. The van der Waals surface area contributed by atoms with Gasteiger partial charge in [0.05, 0.1) is 11.6 Å². The van der Waals surface area contributed by atoms with Crippen LogP contribution >= 0.6 is 11.6 Å². The van der Waals surface area contributed by atoms with Crippen LogP contribution in [0.2, 0.25) is 5.15 Å². The van der Waals surface area contributed by atoms with Crippen molar-refractivity contribution in [2.75, 3.05) is 11.4 Å². The maximum absolute atomic E-state index is 12.5. The first-order chi connectivity index (χ1) is 8.23. The summed E-state index contributed by atoms with van der Waals surface area (Å²) in [6.07, 6.45) is -4.35. The summed E-state index contributed by atoms with van der Waals surface area (Å²) in [6.45, 7) is 2.09. The molecular weight excluding hydrogens is 267 g/mol. The molecule has 0 amide bonds. The summed E-state index contributed by atoms with van der Waals surface area (Å²) in [4.78, 5) is 4.88. The van der Waals surface area contributed by atoms with Crippen LogP contribution < -0.4 is 4.90 Å². The zero-order chi connectivity index (χ0) is 13.9. The van der Waals surface area contributed by atoms with Crippen molar-refractivity contribution in [2.24, 2.45) is 0 Å². The minimum atomic E-state index is -4.35. The fourth-order valence-electron chi connectivity index (χ4n) is 1.42. The van der Waals surface area contributed by atoms with Gasteiger partial charge in [-0.2, -0.15) is 18.4 Å². The van der Waals surface area contributed by atoms with E-state index in [4.69, 9.17) is 16.9 Å². The van der Waals surface area contributed by atoms with Gasteiger partial charge in [0.25, 0.3) is 0 Å². The van der Waals surface area contributed by atoms with Crippen LogP contribution in [0.15, 0.2) is 12.1 Å². The lowest BCUT2D eigenvalue weighted by Gasteiger charge is -2.28. The van der Waals surface area contributed by atoms with Crippen LogP contribution in [0.25, 0.3) is 0 Å². The smallest absolute Gasteiger partial charge is 0.345 e. The van der Waals surface area contributed by atoms with Crippen LogP contribution in [-0.2, 0) is 0 Å². The highest BCUT2D eigenvalue weighted by molar-refractivity contribution is 6.29. The molecule has 1 aromatic rings. The first-order valence-electron chi connectivity index (χ1n) is 5.14. The van der Waals surface area contributed by atoms with Crippen molar-refractivity contribution in [1.82, 2.24) is 4.98 Å². The van der Waals surface area contributed by atoms with Crippen molar-refractivity contribution < 1.29 is 13.2 Å². The molecule has 0 aliphatic carbocycles. The third-order valence-electron chi connectivity index (χ3n) is 2.18. The van der Waals surface area contributed by atoms with Crippen molar-refractivity contribution in [3.05, 3.63) is 22.8 Å². The Morgan fingerprint density at radius 2 is 2.06 bits per heavy atom. The van der Waals surface area contributed by atoms with Gasteiger partial charge in [0.15, 0.2) is 0 Å². The second kappa shape index (κ2) is 5.44. The number of pyridine rings is 1. The highest BCUT2D eigenvalue weighted by Gasteiger charge is 2.32. The standard InChI is InChI=1S/C11H11ClF3N3/c1-7(2)18(6-11(13,14)15)10-4-8(5-16)3-9(12)17-10/h3-4,7H,6H2,1-2H3. The number of halogens is 4. The average molecular weight is 278 g/mol. The van der Waals surface area contributed by atoms with Crippen LogP contribution in [0.1, 0.15) is 19.4 Å². The second-order valence-electron chi connectivity index (χ2n) is 3.99. The molecule has 0 unspecified atom stereocenters. The van der Waals surface area contributed by atoms with E-state index < -0.39 is 18.8 Å². The Morgan fingerprint density at radius 1 is 1.44 bits per heavy atom. The summed E-state index contributed by atoms with van der Waals surface area (Å²) in [5, 5.41) is 8.76. The Kier molecular flexibility index (Phi) is 4.41. The van der Waals surface area contributed by atoms with Gasteiger partial charge in [0.1, 0.15) is 17.5 Å². The Hall–Kier alpha value is -1.48. The van der Waals surface area contributed by atoms with Gasteiger partial charge in [-0.05, 0) is 26.0 Å². The minimum Gasteiger partial charge on any atom is -0.345 e. The molecule has 0 aromatic carbocycles. The Labute approximate surface area is 108 Å². The molecule has 3 nitrogen and oxygen atoms in total. The van der Waals surface area contributed by atoms with Crippen LogP contribution in [0.3, 0.4) is 0 Å². The Morgan fingerprint density at radius 3 is 2.50 bits per heavy atom. The SMILES string of the molecule is CC(C)N(CC(F)(F)F)c1cc(C#N)cc(Cl)n1. The highest BCUT2D eigenvalue weighted by atomic mass is 35.5. The molecular formula is C11H11ClF3N3. The molecule has 0 fully saturated rings. The van der Waals surface area contributed by atoms with Crippen LogP contribution in [0, 0.1) is 11.3 Å². The minimum absolute atomic E-state index is 0.00289. The fraction of sp³-hybridized carbons (Fsp3) is 0.455. The second-order valence-corrected chi connectivity index (χ2v) is 4.37. The number of nitriles is 1. The molecule has 0 aliphatic rings. The number of nitrogens with zero attached hydrogens (tertiary/aromatic N) is 3. The normalized spacial score (nSPS) is 11.4. The maximum Gasteiger partial charge on any atom is 0.405 e. The predicted molar refractivity (Wildman–Crippen MR) is 62.5 cm³/mol. The van der Waals surface area contributed by atoms with Gasteiger partial charge < -0.3 is 4.90 Å². The largest absolute Gasteiger partial charge is 0.405 e. The molecule has 0 saturated heterocycles. The Balaban J connectivity index is 3.14. The molecule has 0 aliphatic heterocycles. The van der Waals surface area contributed by atoms with Crippen molar-refractivity contribution >= 4 is 17.4 Å². The van der Waals surface area contributed by atoms with Gasteiger partial charge in [-0.3, -0.25) is 0 Å². The zero-order valence-corrected chi connectivity index (χ0v) is 10.5. The van der Waals surface area contributed by atoms with E-state index in [9.17, 15) is 13.2 Å². The molecule has 1 rings (SSSR count). The molecule has 18 heavy (non-hydrogen) atoms. The quantitative estimate of drug-likeness (QED) is 0.795. The summed E-state index contributed by atoms with van der Waals surface area (Å²) < 4.78 is 37.4. The first kappa shape index (κ1) is 14.6. The molecule has 98 valence electrons. The van der Waals surface area contributed by atoms with Crippen molar-refractivity contribution in [2.45, 2.75) is 26.1 Å². The van der Waals surface area contributed by atoms with Crippen LogP contribution in [0.5, 0.6) is 0 Å². The van der Waals surface area contributed by atoms with Gasteiger partial charge in [0, 0.05) is 6.04 Å². The lowest BCUT2D eigenvalue weighted by molar-refractivity contribution is -0.120. The molecule has 7 heteroatoms. The molecule has 1 aromatic heterocycles. The van der Waals surface area contributed by atoms with E-state index in [0.29, 0.717) is 0 Å². The number of alkyl halides is 3. The predicted octanol–water partition coefficient (Wildman–Crippen LogP) is 3.38. The molecule has 0 N–H and O–H groups in total. The first-order valence-corrected chi connectivity index (χ1v) is 5.52. The van der Waals surface area contributed by atoms with Gasteiger partial charge in [0.2, 0.25) is 0 Å². The summed E-state index contributed by atoms with van der Waals surface area (Å²) >= 11 is 5.68. The van der Waals surface area contributed by atoms with E-state index in [-0.39, 0.29) is 16.5 Å². The van der Waals surface area contributed by atoms with Gasteiger partial charge in [-0.15, -0.1) is 0 Å². The molecule has 0 spiro atoms. The lowest BCUT2D eigenvalue weighted by atomic mass is 10.2. The molecule has 0 saturated carbocycles. The number of aromatic nitrogens is 1. The molecule has 1 heterocycles. The van der Waals surface area contributed by atoms with E-state index in [0.717, 1.165) is 4.90 Å². The number of hydrogen-bond donors (Lipinski definition) is 0. The number of hydrogen-bond acceptors (Lipinski definition) is 3. The summed E-state index contributed by atoms with van der Waals surface area (Å²) in [7, 11) is 0. The van der Waals surface area contributed by atoms with Gasteiger partial charge >= 0.3 is 6.18 Å². The third kappa shape index (κ3) is 4.08. The van der Waals surface area contributed by atoms with E-state index in [1.165, 1.54) is 12.1 Å². The monoisotopic (exact) mass is 277 g/mol. The number of anilines is 1. The van der Waals surface area contributed by atoms with Gasteiger partial charge in [-0.1, -0.05) is 11.6 Å². The highest BCUT2D eigenvalue weighted by Crippen LogP contribution is 2.24. The van der Waals surface area contributed by atoms with Gasteiger partial charge in [-0.25, -0.2) is 4.98 Å². The third-order valence-corrected chi connectivity index (χ3v) is 2.37. The zero-order valence-electron chi connectivity index (χ0n) is 9.79. The van der Waals surface area contributed by atoms with Crippen molar-refractivity contribution in [1.29, 1.82) is 5.26 Å². The van der Waals surface area contributed by atoms with E-state index in [2.05, 4.69) is 4.98 Å². The molecule has 0 atom stereocenters. The maximum atomic E-state index is 12.5. The summed E-state index contributed by atoms with van der Waals surface area (Å²) in [6, 6.07) is 4.01. The summed E-state index contributed by atoms with van der Waals surface area (Å²) in [5.41, 5.74) is 0.179. The molecule has 0 radical (unpaired) electrons. The van der Waals surface area contributed by atoms with Crippen LogP contribution in [0.4, 0.5) is 19.0 Å². The summed E-state index contributed by atoms with van der Waals surface area (Å²) in [5.74, 6) is 0.0476. The van der Waals surface area contributed by atoms with E-state index in [1.807, 2.05) is 6.07 Å². The van der Waals surface area contributed by atoms with Crippen molar-refractivity contribution in [3.8, 4) is 6.07 Å². The lowest BCUT2D eigenvalue weighted by Crippen LogP contribution is -2.39.